The number of nitriles is 1. The van der Waals surface area contributed by atoms with E-state index in [-0.39, 0.29) is 5.69 Å². The summed E-state index contributed by atoms with van der Waals surface area (Å²) in [5, 5.41) is 21.2. The highest BCUT2D eigenvalue weighted by Crippen LogP contribution is 2.35. The normalized spacial score (nSPS) is 10.8. The number of pyridine rings is 1. The second kappa shape index (κ2) is 6.17. The molecule has 0 unspecified atom stereocenters. The van der Waals surface area contributed by atoms with E-state index in [2.05, 4.69) is 22.0 Å². The van der Waals surface area contributed by atoms with E-state index < -0.39 is 4.92 Å². The van der Waals surface area contributed by atoms with Gasteiger partial charge in [-0.3, -0.25) is 10.1 Å². The highest BCUT2D eigenvalue weighted by Gasteiger charge is 2.14. The van der Waals surface area contributed by atoms with E-state index >= 15 is 0 Å². The predicted molar refractivity (Wildman–Crippen MR) is 100 cm³/mol. The van der Waals surface area contributed by atoms with E-state index in [1.54, 1.807) is 12.1 Å². The van der Waals surface area contributed by atoms with Crippen molar-refractivity contribution in [1.82, 2.24) is 4.40 Å². The molecule has 2 aromatic heterocycles. The maximum Gasteiger partial charge on any atom is 0.270 e. The minimum Gasteiger partial charge on any atom is -0.456 e. The lowest BCUT2D eigenvalue weighted by Gasteiger charge is -2.08. The average Bonchev–Trinajstić information content (AvgIpc) is 2.96. The molecule has 4 aromatic rings. The maximum absolute atomic E-state index is 10.8. The fraction of sp³-hybridized carbons (Fsp3) is 0. The molecule has 0 spiro atoms. The molecule has 0 radical (unpaired) electrons. The third-order valence-electron chi connectivity index (χ3n) is 4.08. The summed E-state index contributed by atoms with van der Waals surface area (Å²) in [6, 6.07) is 17.7. The number of nitro benzene ring substituents is 1. The molecule has 126 valence electrons. The van der Waals surface area contributed by atoms with Crippen LogP contribution in [-0.4, -0.2) is 9.32 Å². The number of aromatic nitrogens is 1. The highest BCUT2D eigenvalue weighted by atomic mass is 79.9. The predicted octanol–water partition coefficient (Wildman–Crippen LogP) is 5.43. The minimum atomic E-state index is -0.462. The van der Waals surface area contributed by atoms with Gasteiger partial charge in [0.1, 0.15) is 17.6 Å². The zero-order valence-corrected chi connectivity index (χ0v) is 14.8. The van der Waals surface area contributed by atoms with Crippen LogP contribution in [0.2, 0.25) is 0 Å². The first kappa shape index (κ1) is 16.1. The van der Waals surface area contributed by atoms with Crippen molar-refractivity contribution in [1.29, 1.82) is 5.26 Å². The minimum absolute atomic E-state index is 0.0177. The van der Waals surface area contributed by atoms with E-state index in [4.69, 9.17) is 4.74 Å². The maximum atomic E-state index is 10.8. The summed E-state index contributed by atoms with van der Waals surface area (Å²) in [6.07, 6.45) is 1.89. The lowest BCUT2D eigenvalue weighted by molar-refractivity contribution is -0.384. The van der Waals surface area contributed by atoms with E-state index in [9.17, 15) is 15.4 Å². The van der Waals surface area contributed by atoms with Crippen LogP contribution >= 0.6 is 15.9 Å². The number of ether oxygens (including phenoxy) is 1. The monoisotopic (exact) mass is 407 g/mol. The van der Waals surface area contributed by atoms with Crippen LogP contribution in [0.15, 0.2) is 65.3 Å². The van der Waals surface area contributed by atoms with Gasteiger partial charge in [-0.15, -0.1) is 0 Å². The van der Waals surface area contributed by atoms with Crippen LogP contribution in [0.1, 0.15) is 5.56 Å². The van der Waals surface area contributed by atoms with Crippen molar-refractivity contribution in [3.8, 4) is 17.6 Å². The first-order valence-electron chi connectivity index (χ1n) is 7.63. The molecule has 0 saturated carbocycles. The zero-order valence-electron chi connectivity index (χ0n) is 13.2. The number of fused-ring (bicyclic) bond motifs is 3. The van der Waals surface area contributed by atoms with Crippen molar-refractivity contribution in [2.45, 2.75) is 0 Å². The van der Waals surface area contributed by atoms with Gasteiger partial charge >= 0.3 is 0 Å². The van der Waals surface area contributed by atoms with Gasteiger partial charge in [0.15, 0.2) is 0 Å². The summed E-state index contributed by atoms with van der Waals surface area (Å²) in [5.74, 6) is 1.04. The molecule has 6 nitrogen and oxygen atoms in total. The summed E-state index contributed by atoms with van der Waals surface area (Å²) in [6.45, 7) is 0. The highest BCUT2D eigenvalue weighted by molar-refractivity contribution is 9.10. The Morgan fingerprint density at radius 1 is 1.12 bits per heavy atom. The van der Waals surface area contributed by atoms with Gasteiger partial charge in [-0.2, -0.15) is 5.26 Å². The number of non-ortho nitro benzene ring substituents is 1. The fourth-order valence-electron chi connectivity index (χ4n) is 2.91. The van der Waals surface area contributed by atoms with Gasteiger partial charge in [0.05, 0.1) is 26.0 Å². The molecular weight excluding hydrogens is 398 g/mol. The quantitative estimate of drug-likeness (QED) is 0.335. The number of nitro groups is 1. The van der Waals surface area contributed by atoms with Crippen molar-refractivity contribution in [2.24, 2.45) is 0 Å². The fourth-order valence-corrected chi connectivity index (χ4v) is 3.36. The first-order valence-corrected chi connectivity index (χ1v) is 8.42. The molecule has 26 heavy (non-hydrogen) atoms. The van der Waals surface area contributed by atoms with Crippen molar-refractivity contribution in [3.63, 3.8) is 0 Å². The van der Waals surface area contributed by atoms with Gasteiger partial charge in [0.2, 0.25) is 0 Å². The molecule has 0 fully saturated rings. The van der Waals surface area contributed by atoms with Gasteiger partial charge in [0, 0.05) is 29.8 Å². The molecule has 0 amide bonds. The first-order chi connectivity index (χ1) is 12.6. The standard InChI is InChI=1S/C19H10BrN3O3/c20-16-9-12(23(24)25)4-7-19(16)26-13-5-6-14-15(11-21)17-3-1-2-8-22(17)18(14)10-13/h1-10H. The lowest BCUT2D eigenvalue weighted by Crippen LogP contribution is -1.90. The van der Waals surface area contributed by atoms with Crippen LogP contribution in [0.25, 0.3) is 16.4 Å². The number of rotatable bonds is 3. The van der Waals surface area contributed by atoms with Gasteiger partial charge in [0.25, 0.3) is 5.69 Å². The van der Waals surface area contributed by atoms with Gasteiger partial charge in [-0.1, -0.05) is 6.07 Å². The Bertz CT molecular complexity index is 1220. The molecule has 2 aromatic carbocycles. The summed E-state index contributed by atoms with van der Waals surface area (Å²) in [5.41, 5.74) is 2.28. The van der Waals surface area contributed by atoms with E-state index in [0.29, 0.717) is 21.5 Å². The Balaban J connectivity index is 1.80. The summed E-state index contributed by atoms with van der Waals surface area (Å²) < 4.78 is 8.30. The molecule has 2 heterocycles. The van der Waals surface area contributed by atoms with Crippen molar-refractivity contribution in [3.05, 3.63) is 80.9 Å². The van der Waals surface area contributed by atoms with Crippen LogP contribution in [0.4, 0.5) is 5.69 Å². The van der Waals surface area contributed by atoms with Gasteiger partial charge < -0.3 is 9.14 Å². The SMILES string of the molecule is N#Cc1c2ccc(Oc3ccc([N+](=O)[O-])cc3Br)cc2n2ccccc12. The van der Waals surface area contributed by atoms with E-state index in [0.717, 1.165) is 16.4 Å². The second-order valence-corrected chi connectivity index (χ2v) is 6.45. The molecule has 7 heteroatoms. The Morgan fingerprint density at radius 3 is 2.69 bits per heavy atom. The smallest absolute Gasteiger partial charge is 0.270 e. The molecule has 0 aliphatic rings. The molecule has 0 N–H and O–H groups in total. The van der Waals surface area contributed by atoms with Gasteiger partial charge in [-0.05, 0) is 46.3 Å². The largest absolute Gasteiger partial charge is 0.456 e. The molecule has 0 atom stereocenters. The van der Waals surface area contributed by atoms with Crippen molar-refractivity contribution in [2.75, 3.05) is 0 Å². The molecule has 0 bridgehead atoms. The van der Waals surface area contributed by atoms with Crippen LogP contribution < -0.4 is 4.74 Å². The summed E-state index contributed by atoms with van der Waals surface area (Å²) in [7, 11) is 0. The van der Waals surface area contributed by atoms with Crippen molar-refractivity contribution >= 4 is 38.0 Å². The number of hydrogen-bond donors (Lipinski definition) is 0. The van der Waals surface area contributed by atoms with Crippen molar-refractivity contribution < 1.29 is 9.66 Å². The summed E-state index contributed by atoms with van der Waals surface area (Å²) in [4.78, 5) is 10.4. The average molecular weight is 408 g/mol. The number of benzene rings is 2. The number of hydrogen-bond acceptors (Lipinski definition) is 4. The van der Waals surface area contributed by atoms with Crippen LogP contribution in [0.5, 0.6) is 11.5 Å². The van der Waals surface area contributed by atoms with Crippen LogP contribution in [0.3, 0.4) is 0 Å². The Morgan fingerprint density at radius 2 is 1.96 bits per heavy atom. The molecule has 4 rings (SSSR count). The third-order valence-corrected chi connectivity index (χ3v) is 4.70. The lowest BCUT2D eigenvalue weighted by atomic mass is 10.1. The Hall–Kier alpha value is -3.37. The van der Waals surface area contributed by atoms with Gasteiger partial charge in [-0.25, -0.2) is 0 Å². The van der Waals surface area contributed by atoms with Crippen LogP contribution in [-0.2, 0) is 0 Å². The molecule has 0 saturated heterocycles. The molecule has 0 aliphatic heterocycles. The second-order valence-electron chi connectivity index (χ2n) is 5.60. The Kier molecular flexibility index (Phi) is 3.82. The third kappa shape index (κ3) is 2.57. The summed E-state index contributed by atoms with van der Waals surface area (Å²) >= 11 is 3.30. The Labute approximate surface area is 156 Å². The van der Waals surface area contributed by atoms with Crippen LogP contribution in [0, 0.1) is 21.4 Å². The van der Waals surface area contributed by atoms with E-state index in [1.807, 2.05) is 40.9 Å². The molecular formula is C19H10BrN3O3. The zero-order chi connectivity index (χ0) is 18.3. The number of nitrogens with zero attached hydrogens (tertiary/aromatic N) is 3. The number of halogens is 1. The molecule has 0 aliphatic carbocycles. The van der Waals surface area contributed by atoms with E-state index in [1.165, 1.54) is 12.1 Å². The topological polar surface area (TPSA) is 80.6 Å².